The minimum Gasteiger partial charge on any atom is -0.297 e. The van der Waals surface area contributed by atoms with Crippen molar-refractivity contribution in [3.05, 3.63) is 35.9 Å². The van der Waals surface area contributed by atoms with Crippen LogP contribution in [0.3, 0.4) is 0 Å². The van der Waals surface area contributed by atoms with Crippen molar-refractivity contribution in [1.82, 2.24) is 4.90 Å². The van der Waals surface area contributed by atoms with Crippen molar-refractivity contribution in [2.75, 3.05) is 11.9 Å². The second-order valence-electron chi connectivity index (χ2n) is 5.59. The molecule has 1 aromatic rings. The lowest BCUT2D eigenvalue weighted by Crippen LogP contribution is -2.45. The summed E-state index contributed by atoms with van der Waals surface area (Å²) in [6, 6.07) is 12.4. The molecule has 0 amide bonds. The van der Waals surface area contributed by atoms with Crippen molar-refractivity contribution < 1.29 is 0 Å². The van der Waals surface area contributed by atoms with Gasteiger partial charge in [-0.2, -0.15) is 0 Å². The number of hydrogen-bond acceptors (Lipinski definition) is 1. The highest BCUT2D eigenvalue weighted by atomic mass is 79.9. The van der Waals surface area contributed by atoms with E-state index in [4.69, 9.17) is 0 Å². The average molecular weight is 310 g/mol. The molecule has 0 spiro atoms. The first-order chi connectivity index (χ1) is 8.72. The SMILES string of the molecule is CC1CCCC(C)N1CC(CBr)c1ccccc1. The predicted octanol–water partition coefficient (Wildman–Crippen LogP) is 4.43. The van der Waals surface area contributed by atoms with Crippen molar-refractivity contribution in [3.8, 4) is 0 Å². The summed E-state index contributed by atoms with van der Waals surface area (Å²) < 4.78 is 0. The predicted molar refractivity (Wildman–Crippen MR) is 82.5 cm³/mol. The molecule has 1 fully saturated rings. The second-order valence-corrected chi connectivity index (χ2v) is 6.24. The van der Waals surface area contributed by atoms with E-state index in [0.717, 1.165) is 17.4 Å². The van der Waals surface area contributed by atoms with Crippen LogP contribution in [0, 0.1) is 0 Å². The van der Waals surface area contributed by atoms with E-state index in [9.17, 15) is 0 Å². The number of nitrogens with zero attached hydrogens (tertiary/aromatic N) is 1. The molecule has 0 aliphatic carbocycles. The minimum absolute atomic E-state index is 0.606. The van der Waals surface area contributed by atoms with Gasteiger partial charge in [-0.05, 0) is 32.3 Å². The lowest BCUT2D eigenvalue weighted by Gasteiger charge is -2.40. The molecule has 0 radical (unpaired) electrons. The van der Waals surface area contributed by atoms with Crippen LogP contribution < -0.4 is 0 Å². The van der Waals surface area contributed by atoms with E-state index in [2.05, 4.69) is 65.0 Å². The number of piperidine rings is 1. The molecule has 0 saturated carbocycles. The zero-order valence-corrected chi connectivity index (χ0v) is 13.1. The van der Waals surface area contributed by atoms with Crippen LogP contribution in [0.25, 0.3) is 0 Å². The highest BCUT2D eigenvalue weighted by molar-refractivity contribution is 9.09. The topological polar surface area (TPSA) is 3.24 Å². The maximum Gasteiger partial charge on any atom is 0.0112 e. The first-order valence-corrected chi connectivity index (χ1v) is 8.21. The Morgan fingerprint density at radius 3 is 2.33 bits per heavy atom. The van der Waals surface area contributed by atoms with E-state index in [1.165, 1.54) is 31.4 Å². The molecule has 3 unspecified atom stereocenters. The van der Waals surface area contributed by atoms with Crippen molar-refractivity contribution in [3.63, 3.8) is 0 Å². The fraction of sp³-hybridized carbons (Fsp3) is 0.625. The van der Waals surface area contributed by atoms with Crippen molar-refractivity contribution >= 4 is 15.9 Å². The van der Waals surface area contributed by atoms with Gasteiger partial charge < -0.3 is 0 Å². The molecule has 0 N–H and O–H groups in total. The Morgan fingerprint density at radius 1 is 1.17 bits per heavy atom. The highest BCUT2D eigenvalue weighted by Crippen LogP contribution is 2.27. The molecule has 1 saturated heterocycles. The first kappa shape index (κ1) is 14.1. The zero-order valence-electron chi connectivity index (χ0n) is 11.5. The number of likely N-dealkylation sites (tertiary alicyclic amines) is 1. The number of alkyl halides is 1. The Balaban J connectivity index is 2.05. The van der Waals surface area contributed by atoms with E-state index < -0.39 is 0 Å². The number of hydrogen-bond donors (Lipinski definition) is 0. The molecule has 1 nitrogen and oxygen atoms in total. The van der Waals surface area contributed by atoms with Crippen LogP contribution >= 0.6 is 15.9 Å². The van der Waals surface area contributed by atoms with Gasteiger partial charge in [-0.15, -0.1) is 0 Å². The first-order valence-electron chi connectivity index (χ1n) is 7.09. The Morgan fingerprint density at radius 2 is 1.78 bits per heavy atom. The summed E-state index contributed by atoms with van der Waals surface area (Å²) in [7, 11) is 0. The third-order valence-electron chi connectivity index (χ3n) is 4.26. The number of benzene rings is 1. The third kappa shape index (κ3) is 3.36. The summed E-state index contributed by atoms with van der Waals surface area (Å²) >= 11 is 3.69. The minimum atomic E-state index is 0.606. The van der Waals surface area contributed by atoms with Gasteiger partial charge in [-0.1, -0.05) is 52.7 Å². The van der Waals surface area contributed by atoms with Crippen LogP contribution in [0.2, 0.25) is 0 Å². The van der Waals surface area contributed by atoms with E-state index in [0.29, 0.717) is 5.92 Å². The Bertz CT molecular complexity index is 341. The molecule has 1 aromatic carbocycles. The normalized spacial score (nSPS) is 27.1. The highest BCUT2D eigenvalue weighted by Gasteiger charge is 2.27. The molecule has 1 aliphatic rings. The summed E-state index contributed by atoms with van der Waals surface area (Å²) in [6.45, 7) is 5.94. The summed E-state index contributed by atoms with van der Waals surface area (Å²) in [5, 5.41) is 1.05. The zero-order chi connectivity index (χ0) is 13.0. The molecule has 2 heteroatoms. The number of rotatable bonds is 4. The molecule has 1 aliphatic heterocycles. The molecule has 3 atom stereocenters. The molecular weight excluding hydrogens is 286 g/mol. The summed E-state index contributed by atoms with van der Waals surface area (Å²) in [5.41, 5.74) is 1.46. The van der Waals surface area contributed by atoms with E-state index >= 15 is 0 Å². The molecule has 100 valence electrons. The largest absolute Gasteiger partial charge is 0.297 e. The second kappa shape index (κ2) is 6.72. The van der Waals surface area contributed by atoms with Crippen LogP contribution in [0.4, 0.5) is 0 Å². The van der Waals surface area contributed by atoms with Gasteiger partial charge in [0, 0.05) is 29.9 Å². The van der Waals surface area contributed by atoms with Crippen LogP contribution in [-0.4, -0.2) is 28.9 Å². The molecular formula is C16H24BrN. The average Bonchev–Trinajstić information content (AvgIpc) is 2.40. The van der Waals surface area contributed by atoms with Gasteiger partial charge in [0.1, 0.15) is 0 Å². The smallest absolute Gasteiger partial charge is 0.0112 e. The monoisotopic (exact) mass is 309 g/mol. The van der Waals surface area contributed by atoms with E-state index in [-0.39, 0.29) is 0 Å². The summed E-state index contributed by atoms with van der Waals surface area (Å²) in [6.07, 6.45) is 4.10. The molecule has 0 aromatic heterocycles. The Labute approximate surface area is 120 Å². The molecule has 1 heterocycles. The van der Waals surface area contributed by atoms with Gasteiger partial charge in [0.05, 0.1) is 0 Å². The van der Waals surface area contributed by atoms with Crippen molar-refractivity contribution in [2.45, 2.75) is 51.1 Å². The standard InChI is InChI=1S/C16H24BrN/c1-13-7-6-8-14(2)18(13)12-16(11-17)15-9-4-3-5-10-15/h3-5,9-10,13-14,16H,6-8,11-12H2,1-2H3. The van der Waals surface area contributed by atoms with Crippen LogP contribution in [0.1, 0.15) is 44.6 Å². The molecule has 2 rings (SSSR count). The van der Waals surface area contributed by atoms with Crippen LogP contribution in [-0.2, 0) is 0 Å². The maximum atomic E-state index is 3.69. The quantitative estimate of drug-likeness (QED) is 0.744. The fourth-order valence-electron chi connectivity index (χ4n) is 3.06. The summed E-state index contributed by atoms with van der Waals surface area (Å²) in [5.74, 6) is 0.606. The number of halogens is 1. The maximum absolute atomic E-state index is 3.69. The molecule has 0 bridgehead atoms. The van der Waals surface area contributed by atoms with Gasteiger partial charge in [0.25, 0.3) is 0 Å². The van der Waals surface area contributed by atoms with Gasteiger partial charge in [-0.3, -0.25) is 4.90 Å². The van der Waals surface area contributed by atoms with Crippen LogP contribution in [0.5, 0.6) is 0 Å². The van der Waals surface area contributed by atoms with Gasteiger partial charge in [0.15, 0.2) is 0 Å². The Hall–Kier alpha value is -0.340. The van der Waals surface area contributed by atoms with E-state index in [1.54, 1.807) is 0 Å². The lowest BCUT2D eigenvalue weighted by molar-refractivity contribution is 0.0981. The lowest BCUT2D eigenvalue weighted by atomic mass is 9.93. The third-order valence-corrected chi connectivity index (χ3v) is 5.05. The van der Waals surface area contributed by atoms with Gasteiger partial charge in [0.2, 0.25) is 0 Å². The molecule has 18 heavy (non-hydrogen) atoms. The van der Waals surface area contributed by atoms with Crippen LogP contribution in [0.15, 0.2) is 30.3 Å². The van der Waals surface area contributed by atoms with Crippen molar-refractivity contribution in [1.29, 1.82) is 0 Å². The van der Waals surface area contributed by atoms with Crippen molar-refractivity contribution in [2.24, 2.45) is 0 Å². The fourth-order valence-corrected chi connectivity index (χ4v) is 3.64. The Kier molecular flexibility index (Phi) is 5.25. The van der Waals surface area contributed by atoms with E-state index in [1.807, 2.05) is 0 Å². The van der Waals surface area contributed by atoms with Gasteiger partial charge >= 0.3 is 0 Å². The van der Waals surface area contributed by atoms with Gasteiger partial charge in [-0.25, -0.2) is 0 Å². The summed E-state index contributed by atoms with van der Waals surface area (Å²) in [4.78, 5) is 2.70.